The van der Waals surface area contributed by atoms with Gasteiger partial charge in [0.05, 0.1) is 0 Å². The number of halogens is 1. The molecule has 4 heteroatoms. The van der Waals surface area contributed by atoms with Crippen molar-refractivity contribution in [1.82, 2.24) is 0 Å². The minimum absolute atomic E-state index is 0.305. The number of aliphatic hydroxyl groups excluding tert-OH is 1. The summed E-state index contributed by atoms with van der Waals surface area (Å²) in [5, 5.41) is 11.1. The van der Waals surface area contributed by atoms with Crippen LogP contribution in [0, 0.1) is 0 Å². The summed E-state index contributed by atoms with van der Waals surface area (Å²) in [7, 11) is 0. The third-order valence-corrected chi connectivity index (χ3v) is 7.58. The van der Waals surface area contributed by atoms with Crippen molar-refractivity contribution in [1.29, 1.82) is 0 Å². The van der Waals surface area contributed by atoms with E-state index in [1.54, 1.807) is 0 Å². The van der Waals surface area contributed by atoms with E-state index in [2.05, 4.69) is 40.2 Å². The lowest BCUT2D eigenvalue weighted by molar-refractivity contribution is 0.163. The lowest BCUT2D eigenvalue weighted by Crippen LogP contribution is -2.30. The van der Waals surface area contributed by atoms with Crippen LogP contribution in [0.15, 0.2) is 59.1 Å². The van der Waals surface area contributed by atoms with Crippen molar-refractivity contribution in [2.75, 3.05) is 11.5 Å². The summed E-state index contributed by atoms with van der Waals surface area (Å²) in [5.41, 5.74) is 2.17. The number of thioether (sulfide) groups is 2. The normalized spacial score (nSPS) is 19.1. The molecule has 0 aliphatic carbocycles. The zero-order chi connectivity index (χ0) is 14.7. The molecule has 0 bridgehead atoms. The molecule has 2 aromatic rings. The summed E-state index contributed by atoms with van der Waals surface area (Å²) in [6, 6.07) is 18.4. The van der Waals surface area contributed by atoms with Crippen LogP contribution in [0.25, 0.3) is 0 Å². The second kappa shape index (κ2) is 6.78. The molecule has 110 valence electrons. The Morgan fingerprint density at radius 2 is 1.71 bits per heavy atom. The number of rotatable bonds is 3. The lowest BCUT2D eigenvalue weighted by Gasteiger charge is -2.40. The van der Waals surface area contributed by atoms with Crippen LogP contribution in [-0.2, 0) is 4.08 Å². The van der Waals surface area contributed by atoms with Crippen molar-refractivity contribution in [3.63, 3.8) is 0 Å². The van der Waals surface area contributed by atoms with E-state index < -0.39 is 6.10 Å². The molecular weight excluding hydrogens is 364 g/mol. The van der Waals surface area contributed by atoms with E-state index in [0.29, 0.717) is 0 Å². The van der Waals surface area contributed by atoms with Gasteiger partial charge in [0.25, 0.3) is 0 Å². The van der Waals surface area contributed by atoms with Gasteiger partial charge in [-0.1, -0.05) is 58.4 Å². The summed E-state index contributed by atoms with van der Waals surface area (Å²) in [4.78, 5) is 0. The van der Waals surface area contributed by atoms with E-state index in [1.165, 1.54) is 12.0 Å². The van der Waals surface area contributed by atoms with Gasteiger partial charge >= 0.3 is 0 Å². The Labute approximate surface area is 142 Å². The van der Waals surface area contributed by atoms with Gasteiger partial charge in [-0.25, -0.2) is 0 Å². The molecule has 1 nitrogen and oxygen atoms in total. The van der Waals surface area contributed by atoms with Gasteiger partial charge in [0.1, 0.15) is 10.2 Å². The van der Waals surface area contributed by atoms with E-state index in [9.17, 15) is 5.11 Å². The van der Waals surface area contributed by atoms with Crippen molar-refractivity contribution in [2.45, 2.75) is 16.6 Å². The smallest absolute Gasteiger partial charge is 0.116 e. The fourth-order valence-corrected chi connectivity index (χ4v) is 6.41. The van der Waals surface area contributed by atoms with Gasteiger partial charge in [0, 0.05) is 4.47 Å². The largest absolute Gasteiger partial charge is 0.386 e. The highest BCUT2D eigenvalue weighted by atomic mass is 79.9. The molecule has 0 aromatic heterocycles. The Morgan fingerprint density at radius 3 is 2.38 bits per heavy atom. The van der Waals surface area contributed by atoms with Gasteiger partial charge in [-0.3, -0.25) is 0 Å². The molecule has 3 rings (SSSR count). The summed E-state index contributed by atoms with van der Waals surface area (Å²) in [5.74, 6) is 2.18. The Kier molecular flexibility index (Phi) is 4.99. The van der Waals surface area contributed by atoms with Gasteiger partial charge in [0.2, 0.25) is 0 Å². The summed E-state index contributed by atoms with van der Waals surface area (Å²) < 4.78 is 0.702. The van der Waals surface area contributed by atoms with Gasteiger partial charge < -0.3 is 5.11 Å². The average molecular weight is 381 g/mol. The predicted molar refractivity (Wildman–Crippen MR) is 96.8 cm³/mol. The molecule has 0 spiro atoms. The monoisotopic (exact) mass is 380 g/mol. The van der Waals surface area contributed by atoms with Crippen LogP contribution in [0.3, 0.4) is 0 Å². The van der Waals surface area contributed by atoms with E-state index >= 15 is 0 Å². The first-order valence-corrected chi connectivity index (χ1v) is 9.76. The zero-order valence-corrected chi connectivity index (χ0v) is 14.8. The number of hydrogen-bond donors (Lipinski definition) is 1. The molecule has 21 heavy (non-hydrogen) atoms. The fourth-order valence-electron chi connectivity index (χ4n) is 2.60. The van der Waals surface area contributed by atoms with Crippen molar-refractivity contribution >= 4 is 39.5 Å². The summed E-state index contributed by atoms with van der Waals surface area (Å²) in [6.07, 6.45) is 0.683. The van der Waals surface area contributed by atoms with Crippen molar-refractivity contribution < 1.29 is 5.11 Å². The highest BCUT2D eigenvalue weighted by Gasteiger charge is 2.43. The molecule has 1 N–H and O–H groups in total. The van der Waals surface area contributed by atoms with Crippen LogP contribution in [-0.4, -0.2) is 16.6 Å². The summed E-state index contributed by atoms with van der Waals surface area (Å²) >= 11 is 7.24. The van der Waals surface area contributed by atoms with E-state index in [0.717, 1.165) is 21.5 Å². The first-order valence-electron chi connectivity index (χ1n) is 6.99. The quantitative estimate of drug-likeness (QED) is 0.789. The molecule has 1 aliphatic heterocycles. The van der Waals surface area contributed by atoms with E-state index in [4.69, 9.17) is 0 Å². The van der Waals surface area contributed by atoms with Crippen LogP contribution in [0.5, 0.6) is 0 Å². The van der Waals surface area contributed by atoms with Crippen LogP contribution >= 0.6 is 39.5 Å². The molecule has 2 aromatic carbocycles. The number of aliphatic hydroxyl groups is 1. The van der Waals surface area contributed by atoms with Gasteiger partial charge in [0.15, 0.2) is 0 Å². The second-order valence-corrected chi connectivity index (χ2v) is 8.90. The molecule has 1 fully saturated rings. The molecule has 1 atom stereocenters. The van der Waals surface area contributed by atoms with Gasteiger partial charge in [-0.2, -0.15) is 0 Å². The average Bonchev–Trinajstić information content (AvgIpc) is 2.55. The molecule has 1 heterocycles. The molecule has 0 radical (unpaired) electrons. The minimum Gasteiger partial charge on any atom is -0.386 e. The third-order valence-electron chi connectivity index (χ3n) is 3.62. The highest BCUT2D eigenvalue weighted by Crippen LogP contribution is 2.57. The SMILES string of the molecule is OC(c1cccc(Br)c1)C1(c2ccccc2)SCCCS1. The molecule has 1 saturated heterocycles. The van der Waals surface area contributed by atoms with E-state index in [-0.39, 0.29) is 4.08 Å². The van der Waals surface area contributed by atoms with Crippen LogP contribution in [0.4, 0.5) is 0 Å². The maximum absolute atomic E-state index is 11.1. The molecule has 0 amide bonds. The molecule has 1 unspecified atom stereocenters. The topological polar surface area (TPSA) is 20.2 Å². The highest BCUT2D eigenvalue weighted by molar-refractivity contribution is 9.10. The first kappa shape index (κ1) is 15.5. The predicted octanol–water partition coefficient (Wildman–Crippen LogP) is 5.21. The maximum atomic E-state index is 11.1. The van der Waals surface area contributed by atoms with Crippen molar-refractivity contribution in [3.05, 3.63) is 70.2 Å². The lowest BCUT2D eigenvalue weighted by atomic mass is 10.00. The Hall–Kier alpha value is -0.420. The maximum Gasteiger partial charge on any atom is 0.116 e. The molecular formula is C17H17BrOS2. The Morgan fingerprint density at radius 1 is 1.00 bits per heavy atom. The molecule has 1 aliphatic rings. The van der Waals surface area contributed by atoms with Crippen LogP contribution in [0.2, 0.25) is 0 Å². The standard InChI is InChI=1S/C17H17BrOS2/c18-15-9-4-6-13(12-15)16(19)17(20-10-5-11-21-17)14-7-2-1-3-8-14/h1-4,6-9,12,16,19H,5,10-11H2. The Balaban J connectivity index is 2.03. The number of hydrogen-bond acceptors (Lipinski definition) is 3. The van der Waals surface area contributed by atoms with Crippen molar-refractivity contribution in [3.8, 4) is 0 Å². The van der Waals surface area contributed by atoms with Crippen molar-refractivity contribution in [2.24, 2.45) is 0 Å². The van der Waals surface area contributed by atoms with E-state index in [1.807, 2.05) is 53.9 Å². The van der Waals surface area contributed by atoms with Gasteiger partial charge in [-0.15, -0.1) is 23.5 Å². The first-order chi connectivity index (χ1) is 10.2. The Bertz CT molecular complexity index is 597. The van der Waals surface area contributed by atoms with Crippen LogP contribution < -0.4 is 0 Å². The number of benzene rings is 2. The van der Waals surface area contributed by atoms with Crippen LogP contribution in [0.1, 0.15) is 23.7 Å². The molecule has 0 saturated carbocycles. The summed E-state index contributed by atoms with van der Waals surface area (Å²) in [6.45, 7) is 0. The minimum atomic E-state index is -0.521. The second-order valence-electron chi connectivity index (χ2n) is 5.04. The zero-order valence-electron chi connectivity index (χ0n) is 11.5. The fraction of sp³-hybridized carbons (Fsp3) is 0.294. The third kappa shape index (κ3) is 3.19. The van der Waals surface area contributed by atoms with Gasteiger partial charge in [-0.05, 0) is 41.2 Å².